The molecule has 0 amide bonds. The van der Waals surface area contributed by atoms with E-state index >= 15 is 0 Å². The molecule has 0 saturated carbocycles. The number of halogens is 3. The zero-order chi connectivity index (χ0) is 18.6. The third kappa shape index (κ3) is 4.52. The molecule has 1 saturated heterocycles. The van der Waals surface area contributed by atoms with Crippen LogP contribution in [0, 0.1) is 11.3 Å². The number of hydrogen-bond donors (Lipinski definition) is 1. The van der Waals surface area contributed by atoms with Crippen molar-refractivity contribution in [3.63, 3.8) is 0 Å². The van der Waals surface area contributed by atoms with Crippen molar-refractivity contribution in [1.82, 2.24) is 9.88 Å². The van der Waals surface area contributed by atoms with Gasteiger partial charge in [-0.2, -0.15) is 18.4 Å². The molecular formula is C19H19F3N4. The van der Waals surface area contributed by atoms with E-state index in [1.165, 1.54) is 12.1 Å². The number of aromatic nitrogens is 1. The summed E-state index contributed by atoms with van der Waals surface area (Å²) in [6.07, 6.45) is -0.971. The Bertz CT molecular complexity index is 790. The maximum atomic E-state index is 12.8. The lowest BCUT2D eigenvalue weighted by molar-refractivity contribution is -0.137. The molecule has 0 atom stereocenters. The molecular weight excluding hydrogens is 341 g/mol. The van der Waals surface area contributed by atoms with E-state index in [1.807, 2.05) is 0 Å². The molecule has 1 aliphatic heterocycles. The Hall–Kier alpha value is -2.59. The molecule has 0 aliphatic carbocycles. The van der Waals surface area contributed by atoms with Crippen LogP contribution in [0.4, 0.5) is 19.0 Å². The Kier molecular flexibility index (Phi) is 5.43. The average Bonchev–Trinajstić information content (AvgIpc) is 2.63. The first-order valence-corrected chi connectivity index (χ1v) is 8.46. The molecule has 0 radical (unpaired) electrons. The molecule has 7 heteroatoms. The van der Waals surface area contributed by atoms with Gasteiger partial charge in [0, 0.05) is 31.9 Å². The summed E-state index contributed by atoms with van der Waals surface area (Å²) in [7, 11) is 0. The zero-order valence-corrected chi connectivity index (χ0v) is 14.1. The van der Waals surface area contributed by atoms with Crippen molar-refractivity contribution in [2.24, 2.45) is 0 Å². The van der Waals surface area contributed by atoms with Crippen molar-refractivity contribution in [3.05, 3.63) is 59.3 Å². The largest absolute Gasteiger partial charge is 0.416 e. The number of nitriles is 1. The van der Waals surface area contributed by atoms with Crippen LogP contribution in [0.25, 0.3) is 0 Å². The van der Waals surface area contributed by atoms with E-state index < -0.39 is 11.7 Å². The van der Waals surface area contributed by atoms with E-state index in [0.29, 0.717) is 23.5 Å². The Morgan fingerprint density at radius 2 is 1.96 bits per heavy atom. The maximum Gasteiger partial charge on any atom is 0.416 e. The van der Waals surface area contributed by atoms with Crippen LogP contribution in [-0.4, -0.2) is 29.0 Å². The molecule has 0 bridgehead atoms. The van der Waals surface area contributed by atoms with Gasteiger partial charge in [-0.3, -0.25) is 4.90 Å². The molecule has 3 rings (SSSR count). The number of pyridine rings is 1. The minimum atomic E-state index is -4.31. The first-order valence-electron chi connectivity index (χ1n) is 8.46. The Morgan fingerprint density at radius 1 is 1.19 bits per heavy atom. The van der Waals surface area contributed by atoms with Gasteiger partial charge in [-0.25, -0.2) is 4.98 Å². The first kappa shape index (κ1) is 18.2. The Balaban J connectivity index is 1.55. The fourth-order valence-electron chi connectivity index (χ4n) is 3.14. The number of hydrogen-bond acceptors (Lipinski definition) is 4. The van der Waals surface area contributed by atoms with E-state index in [9.17, 15) is 13.2 Å². The highest BCUT2D eigenvalue weighted by molar-refractivity contribution is 5.51. The van der Waals surface area contributed by atoms with Crippen LogP contribution in [0.5, 0.6) is 0 Å². The number of nitrogens with zero attached hydrogens (tertiary/aromatic N) is 3. The lowest BCUT2D eigenvalue weighted by Crippen LogP contribution is -2.39. The molecule has 4 nitrogen and oxygen atoms in total. The molecule has 0 unspecified atom stereocenters. The summed E-state index contributed by atoms with van der Waals surface area (Å²) in [5, 5.41) is 12.4. The fraction of sp³-hybridized carbons (Fsp3) is 0.368. The molecule has 136 valence electrons. The van der Waals surface area contributed by atoms with Crippen LogP contribution >= 0.6 is 0 Å². The second kappa shape index (κ2) is 7.75. The summed E-state index contributed by atoms with van der Waals surface area (Å²) >= 11 is 0. The van der Waals surface area contributed by atoms with Gasteiger partial charge in [-0.1, -0.05) is 18.2 Å². The summed E-state index contributed by atoms with van der Waals surface area (Å²) in [6.45, 7) is 2.06. The highest BCUT2D eigenvalue weighted by Crippen LogP contribution is 2.30. The van der Waals surface area contributed by atoms with Gasteiger partial charge in [0.15, 0.2) is 0 Å². The molecule has 2 heterocycles. The number of alkyl halides is 3. The molecule has 1 N–H and O–H groups in total. The number of anilines is 1. The highest BCUT2D eigenvalue weighted by atomic mass is 19.4. The monoisotopic (exact) mass is 360 g/mol. The fourth-order valence-corrected chi connectivity index (χ4v) is 3.14. The van der Waals surface area contributed by atoms with E-state index in [-0.39, 0.29) is 6.04 Å². The molecule has 0 spiro atoms. The van der Waals surface area contributed by atoms with Crippen LogP contribution in [0.2, 0.25) is 0 Å². The summed E-state index contributed by atoms with van der Waals surface area (Å²) in [5.74, 6) is 0.589. The number of nitrogens with one attached hydrogen (secondary N) is 1. The number of likely N-dealkylation sites (tertiary alicyclic amines) is 1. The van der Waals surface area contributed by atoms with Crippen molar-refractivity contribution in [2.75, 3.05) is 18.4 Å². The molecule has 1 fully saturated rings. The summed E-state index contributed by atoms with van der Waals surface area (Å²) in [5.41, 5.74) is 0.576. The predicted molar refractivity (Wildman–Crippen MR) is 92.3 cm³/mol. The van der Waals surface area contributed by atoms with Crippen molar-refractivity contribution >= 4 is 5.82 Å². The lowest BCUT2D eigenvalue weighted by Gasteiger charge is -2.32. The SMILES string of the molecule is N#Cc1cccnc1NC1CCN(Cc2cccc(C(F)(F)F)c2)CC1. The van der Waals surface area contributed by atoms with Gasteiger partial charge in [0.05, 0.1) is 11.1 Å². The van der Waals surface area contributed by atoms with Gasteiger partial charge in [0.2, 0.25) is 0 Å². The van der Waals surface area contributed by atoms with Crippen molar-refractivity contribution in [1.29, 1.82) is 5.26 Å². The Labute approximate surface area is 150 Å². The van der Waals surface area contributed by atoms with Crippen molar-refractivity contribution < 1.29 is 13.2 Å². The normalized spacial score (nSPS) is 16.2. The number of piperidine rings is 1. The maximum absolute atomic E-state index is 12.8. The van der Waals surface area contributed by atoms with Crippen LogP contribution in [-0.2, 0) is 12.7 Å². The van der Waals surface area contributed by atoms with E-state index in [0.717, 1.165) is 32.0 Å². The topological polar surface area (TPSA) is 52.0 Å². The minimum Gasteiger partial charge on any atom is -0.366 e. The zero-order valence-electron chi connectivity index (χ0n) is 14.1. The third-order valence-electron chi connectivity index (χ3n) is 4.52. The predicted octanol–water partition coefficient (Wildman–Crippen LogP) is 4.05. The summed E-state index contributed by atoms with van der Waals surface area (Å²) < 4.78 is 38.4. The summed E-state index contributed by atoms with van der Waals surface area (Å²) in [4.78, 5) is 6.36. The average molecular weight is 360 g/mol. The van der Waals surface area contributed by atoms with Crippen LogP contribution in [0.1, 0.15) is 29.5 Å². The van der Waals surface area contributed by atoms with Crippen molar-refractivity contribution in [2.45, 2.75) is 31.6 Å². The van der Waals surface area contributed by atoms with E-state index in [4.69, 9.17) is 5.26 Å². The van der Waals surface area contributed by atoms with Gasteiger partial charge in [-0.05, 0) is 36.6 Å². The standard InChI is InChI=1S/C19H19F3N4/c20-19(21,22)16-5-1-3-14(11-16)13-26-9-6-17(7-10-26)25-18-15(12-23)4-2-8-24-18/h1-5,8,11,17H,6-7,9-10,13H2,(H,24,25). The molecule has 26 heavy (non-hydrogen) atoms. The van der Waals surface area contributed by atoms with Crippen LogP contribution in [0.3, 0.4) is 0 Å². The van der Waals surface area contributed by atoms with Gasteiger partial charge >= 0.3 is 6.18 Å². The molecule has 1 aromatic carbocycles. The van der Waals surface area contributed by atoms with Gasteiger partial charge < -0.3 is 5.32 Å². The van der Waals surface area contributed by atoms with E-state index in [1.54, 1.807) is 24.4 Å². The number of rotatable bonds is 4. The van der Waals surface area contributed by atoms with Gasteiger partial charge in [0.1, 0.15) is 11.9 Å². The van der Waals surface area contributed by atoms with Gasteiger partial charge in [-0.15, -0.1) is 0 Å². The van der Waals surface area contributed by atoms with Gasteiger partial charge in [0.25, 0.3) is 0 Å². The molecule has 1 aromatic heterocycles. The number of benzene rings is 1. The Morgan fingerprint density at radius 3 is 2.65 bits per heavy atom. The summed E-state index contributed by atoms with van der Waals surface area (Å²) in [6, 6.07) is 11.3. The van der Waals surface area contributed by atoms with Crippen LogP contribution < -0.4 is 5.32 Å². The second-order valence-corrected chi connectivity index (χ2v) is 6.40. The highest BCUT2D eigenvalue weighted by Gasteiger charge is 2.30. The lowest BCUT2D eigenvalue weighted by atomic mass is 10.0. The third-order valence-corrected chi connectivity index (χ3v) is 4.52. The molecule has 1 aliphatic rings. The smallest absolute Gasteiger partial charge is 0.366 e. The van der Waals surface area contributed by atoms with Crippen LogP contribution in [0.15, 0.2) is 42.6 Å². The quantitative estimate of drug-likeness (QED) is 0.894. The minimum absolute atomic E-state index is 0.203. The first-order chi connectivity index (χ1) is 12.5. The van der Waals surface area contributed by atoms with E-state index in [2.05, 4.69) is 21.3 Å². The van der Waals surface area contributed by atoms with Crippen molar-refractivity contribution in [3.8, 4) is 6.07 Å². The second-order valence-electron chi connectivity index (χ2n) is 6.40. The molecule has 2 aromatic rings.